The molecule has 1 N–H and O–H groups in total. The number of carbonyl (C=O) groups is 3. The second-order valence-electron chi connectivity index (χ2n) is 10.2. The number of ether oxygens (including phenoxy) is 4. The molecule has 4 aromatic rings. The van der Waals surface area contributed by atoms with E-state index in [1.54, 1.807) is 36.4 Å². The van der Waals surface area contributed by atoms with Crippen molar-refractivity contribution in [2.45, 2.75) is 37.6 Å². The molecule has 5 rings (SSSR count). The third-order valence-corrected chi connectivity index (χ3v) is 7.02. The van der Waals surface area contributed by atoms with Crippen molar-refractivity contribution < 1.29 is 46.5 Å². The summed E-state index contributed by atoms with van der Waals surface area (Å²) in [6.07, 6.45) is -9.84. The fraction of sp³-hybridized carbons (Fsp3) is 0.219. The summed E-state index contributed by atoms with van der Waals surface area (Å²) in [7, 11) is 0. The van der Waals surface area contributed by atoms with E-state index in [9.17, 15) is 37.1 Å². The Labute approximate surface area is 258 Å². The van der Waals surface area contributed by atoms with E-state index in [0.717, 1.165) is 29.0 Å². The van der Waals surface area contributed by atoms with E-state index < -0.39 is 77.6 Å². The normalized spacial score (nSPS) is 19.3. The Morgan fingerprint density at radius 2 is 1.37 bits per heavy atom. The van der Waals surface area contributed by atoms with Crippen LogP contribution in [0.1, 0.15) is 48.4 Å². The van der Waals surface area contributed by atoms with E-state index in [-0.39, 0.29) is 16.7 Å². The zero-order valence-electron chi connectivity index (χ0n) is 23.9. The minimum absolute atomic E-state index is 0.0583. The molecular formula is C32H25F3N2O9. The maximum absolute atomic E-state index is 13.4. The lowest BCUT2D eigenvalue weighted by molar-refractivity contribution is -0.137. The van der Waals surface area contributed by atoms with Gasteiger partial charge in [0.05, 0.1) is 22.3 Å². The molecule has 0 bridgehead atoms. The Bertz CT molecular complexity index is 1860. The number of halogens is 3. The molecule has 2 heterocycles. The number of esters is 3. The molecule has 1 aliphatic rings. The van der Waals surface area contributed by atoms with Crippen LogP contribution >= 0.6 is 0 Å². The summed E-state index contributed by atoms with van der Waals surface area (Å²) in [5, 5.41) is 0. The van der Waals surface area contributed by atoms with Crippen LogP contribution in [0.25, 0.3) is 0 Å². The Hall–Kier alpha value is -5.50. The fourth-order valence-electron chi connectivity index (χ4n) is 4.70. The molecule has 46 heavy (non-hydrogen) atoms. The van der Waals surface area contributed by atoms with Crippen LogP contribution in [0.15, 0.2) is 101 Å². The molecule has 238 valence electrons. The summed E-state index contributed by atoms with van der Waals surface area (Å²) in [6, 6.07) is 19.0. The highest BCUT2D eigenvalue weighted by molar-refractivity contribution is 5.91. The van der Waals surface area contributed by atoms with Crippen molar-refractivity contribution in [2.24, 2.45) is 0 Å². The highest BCUT2D eigenvalue weighted by atomic mass is 19.4. The first-order chi connectivity index (χ1) is 21.9. The predicted molar refractivity (Wildman–Crippen MR) is 153 cm³/mol. The van der Waals surface area contributed by atoms with E-state index in [4.69, 9.17) is 18.9 Å². The Morgan fingerprint density at radius 1 is 0.804 bits per heavy atom. The topological polar surface area (TPSA) is 143 Å². The number of hydrogen-bond acceptors (Lipinski definition) is 9. The minimum atomic E-state index is -4.77. The summed E-state index contributed by atoms with van der Waals surface area (Å²) in [4.78, 5) is 66.3. The average molecular weight is 639 g/mol. The number of nitrogens with zero attached hydrogens (tertiary/aromatic N) is 1. The molecule has 0 saturated carbocycles. The molecule has 14 heteroatoms. The van der Waals surface area contributed by atoms with Crippen LogP contribution in [0, 0.1) is 6.92 Å². The highest BCUT2D eigenvalue weighted by Gasteiger charge is 2.52. The summed E-state index contributed by atoms with van der Waals surface area (Å²) < 4.78 is 63.8. The Morgan fingerprint density at radius 3 is 2.00 bits per heavy atom. The maximum atomic E-state index is 13.4. The van der Waals surface area contributed by atoms with Crippen LogP contribution in [0.5, 0.6) is 0 Å². The molecule has 0 unspecified atom stereocenters. The van der Waals surface area contributed by atoms with Crippen molar-refractivity contribution in [3.05, 3.63) is 140 Å². The quantitative estimate of drug-likeness (QED) is 0.223. The zero-order valence-corrected chi connectivity index (χ0v) is 23.9. The number of aromatic nitrogens is 2. The standard InChI is InChI=1S/C32H25F3N2O9/c1-18-16-37(31(42)36-26(18)38)27-25(46-30(41)21-13-8-14-22(15-21)32(33,34)35)24(45-29(40)20-11-6-3-7-12-20)23(44-27)17-43-28(39)19-9-4-2-5-10-19/h2-16,23-25,27H,17H2,1H3,(H,36,38,42)/t23-,24-,25-,27-/m1/s1. The van der Waals surface area contributed by atoms with Gasteiger partial charge in [-0.05, 0) is 49.4 Å². The summed E-state index contributed by atoms with van der Waals surface area (Å²) in [5.74, 6) is -2.93. The van der Waals surface area contributed by atoms with Gasteiger partial charge in [-0.15, -0.1) is 0 Å². The van der Waals surface area contributed by atoms with Gasteiger partial charge in [-0.3, -0.25) is 14.3 Å². The zero-order chi connectivity index (χ0) is 33.0. The van der Waals surface area contributed by atoms with Crippen molar-refractivity contribution >= 4 is 17.9 Å². The van der Waals surface area contributed by atoms with Gasteiger partial charge in [-0.2, -0.15) is 13.2 Å². The fourth-order valence-corrected chi connectivity index (χ4v) is 4.70. The number of rotatable bonds is 8. The maximum Gasteiger partial charge on any atom is 0.416 e. The van der Waals surface area contributed by atoms with E-state index in [0.29, 0.717) is 6.07 Å². The van der Waals surface area contributed by atoms with E-state index in [1.165, 1.54) is 31.2 Å². The van der Waals surface area contributed by atoms with Gasteiger partial charge >= 0.3 is 29.8 Å². The molecule has 0 aliphatic carbocycles. The van der Waals surface area contributed by atoms with Gasteiger partial charge < -0.3 is 18.9 Å². The van der Waals surface area contributed by atoms with Crippen LogP contribution in [-0.2, 0) is 25.1 Å². The molecule has 0 spiro atoms. The number of aromatic amines is 1. The van der Waals surface area contributed by atoms with Gasteiger partial charge in [0.25, 0.3) is 5.56 Å². The SMILES string of the molecule is Cc1cn([C@@H]2O[C@H](COC(=O)c3ccccc3)[C@@H](OC(=O)c3ccccc3)[C@H]2OC(=O)c2cccc(C(F)(F)F)c2)c(=O)[nH]c1=O. The van der Waals surface area contributed by atoms with Gasteiger partial charge in [0.15, 0.2) is 18.4 Å². The van der Waals surface area contributed by atoms with Crippen LogP contribution in [0.2, 0.25) is 0 Å². The third kappa shape index (κ3) is 7.07. The monoisotopic (exact) mass is 638 g/mol. The van der Waals surface area contributed by atoms with Gasteiger partial charge in [-0.1, -0.05) is 42.5 Å². The smallest absolute Gasteiger partial charge is 0.416 e. The molecule has 11 nitrogen and oxygen atoms in total. The first-order valence-corrected chi connectivity index (χ1v) is 13.8. The van der Waals surface area contributed by atoms with Gasteiger partial charge in [-0.25, -0.2) is 19.2 Å². The predicted octanol–water partition coefficient (Wildman–Crippen LogP) is 4.07. The van der Waals surface area contributed by atoms with Crippen molar-refractivity contribution in [1.82, 2.24) is 9.55 Å². The largest absolute Gasteiger partial charge is 0.459 e. The van der Waals surface area contributed by atoms with Crippen LogP contribution in [0.3, 0.4) is 0 Å². The van der Waals surface area contributed by atoms with Gasteiger partial charge in [0.2, 0.25) is 0 Å². The van der Waals surface area contributed by atoms with Gasteiger partial charge in [0.1, 0.15) is 12.7 Å². The average Bonchev–Trinajstić information content (AvgIpc) is 3.37. The van der Waals surface area contributed by atoms with Crippen molar-refractivity contribution in [3.63, 3.8) is 0 Å². The number of hydrogen-bond donors (Lipinski definition) is 1. The second kappa shape index (κ2) is 13.2. The first kappa shape index (κ1) is 31.9. The molecule has 1 saturated heterocycles. The summed E-state index contributed by atoms with van der Waals surface area (Å²) in [5.41, 5.74) is -2.98. The lowest BCUT2D eigenvalue weighted by Crippen LogP contribution is -2.43. The van der Waals surface area contributed by atoms with Crippen molar-refractivity contribution in [1.29, 1.82) is 0 Å². The molecule has 1 fully saturated rings. The van der Waals surface area contributed by atoms with Crippen LogP contribution in [-0.4, -0.2) is 52.4 Å². The molecule has 3 aromatic carbocycles. The minimum Gasteiger partial charge on any atom is -0.459 e. The number of aryl methyl sites for hydroxylation is 1. The number of H-pyrrole nitrogens is 1. The third-order valence-electron chi connectivity index (χ3n) is 7.02. The molecule has 4 atom stereocenters. The van der Waals surface area contributed by atoms with E-state index in [1.807, 2.05) is 0 Å². The first-order valence-electron chi connectivity index (χ1n) is 13.8. The summed E-state index contributed by atoms with van der Waals surface area (Å²) in [6.45, 7) is 0.824. The number of carbonyl (C=O) groups excluding carboxylic acids is 3. The summed E-state index contributed by atoms with van der Waals surface area (Å²) >= 11 is 0. The molecule has 0 amide bonds. The number of benzene rings is 3. The number of nitrogens with one attached hydrogen (secondary N) is 1. The highest BCUT2D eigenvalue weighted by Crippen LogP contribution is 2.35. The molecule has 1 aliphatic heterocycles. The van der Waals surface area contributed by atoms with Crippen LogP contribution < -0.4 is 11.2 Å². The Kier molecular flexibility index (Phi) is 9.18. The van der Waals surface area contributed by atoms with Crippen LogP contribution in [0.4, 0.5) is 13.2 Å². The molecule has 1 aromatic heterocycles. The second-order valence-corrected chi connectivity index (χ2v) is 10.2. The van der Waals surface area contributed by atoms with E-state index >= 15 is 0 Å². The van der Waals surface area contributed by atoms with Gasteiger partial charge in [0, 0.05) is 11.8 Å². The molecule has 0 radical (unpaired) electrons. The number of alkyl halides is 3. The van der Waals surface area contributed by atoms with Crippen molar-refractivity contribution in [3.8, 4) is 0 Å². The Balaban J connectivity index is 1.54. The van der Waals surface area contributed by atoms with Crippen molar-refractivity contribution in [2.75, 3.05) is 6.61 Å². The lowest BCUT2D eigenvalue weighted by Gasteiger charge is -2.25. The van der Waals surface area contributed by atoms with E-state index in [2.05, 4.69) is 4.98 Å². The lowest BCUT2D eigenvalue weighted by atomic mass is 10.1. The molecular weight excluding hydrogens is 613 g/mol.